The zero-order valence-electron chi connectivity index (χ0n) is 13.4. The molecule has 1 N–H and O–H groups in total. The fourth-order valence-electron chi connectivity index (χ4n) is 2.39. The van der Waals surface area contributed by atoms with E-state index in [9.17, 15) is 5.11 Å². The minimum atomic E-state index is -0.391. The van der Waals surface area contributed by atoms with Crippen LogP contribution in [0.5, 0.6) is 0 Å². The maximum absolute atomic E-state index is 9.88. The van der Waals surface area contributed by atoms with E-state index in [0.717, 1.165) is 24.8 Å². The number of rotatable bonds is 9. The summed E-state index contributed by atoms with van der Waals surface area (Å²) in [6.07, 6.45) is 7.21. The summed E-state index contributed by atoms with van der Waals surface area (Å²) >= 11 is 0. The second-order valence-corrected chi connectivity index (χ2v) is 5.88. The average Bonchev–Trinajstić information content (AvgIpc) is 2.46. The summed E-state index contributed by atoms with van der Waals surface area (Å²) in [5, 5.41) is 9.88. The Kier molecular flexibility index (Phi) is 7.78. The summed E-state index contributed by atoms with van der Waals surface area (Å²) in [6.45, 7) is 12.0. The molecule has 0 radical (unpaired) electrons. The molecular weight excluding hydrogens is 256 g/mol. The van der Waals surface area contributed by atoms with Crippen molar-refractivity contribution in [2.75, 3.05) is 0 Å². The lowest BCUT2D eigenvalue weighted by molar-refractivity contribution is 0.213. The van der Waals surface area contributed by atoms with E-state index >= 15 is 0 Å². The summed E-state index contributed by atoms with van der Waals surface area (Å²) in [6, 6.07) is 10.5. The lowest BCUT2D eigenvalue weighted by atomic mass is 9.95. The Balaban J connectivity index is 2.38. The maximum atomic E-state index is 9.88. The lowest BCUT2D eigenvalue weighted by Crippen LogP contribution is -2.08. The van der Waals surface area contributed by atoms with Crippen molar-refractivity contribution >= 4 is 0 Å². The van der Waals surface area contributed by atoms with Crippen LogP contribution in [0, 0.1) is 5.92 Å². The number of aliphatic hydroxyl groups excluding tert-OH is 1. The molecule has 0 saturated carbocycles. The van der Waals surface area contributed by atoms with Gasteiger partial charge >= 0.3 is 0 Å². The SMILES string of the molecule is C=CC[C@@H](O)/C(C)=C/C(C)CCC(=C)Cc1ccccc1. The Morgan fingerprint density at radius 2 is 1.95 bits per heavy atom. The van der Waals surface area contributed by atoms with Crippen molar-refractivity contribution in [3.63, 3.8) is 0 Å². The van der Waals surface area contributed by atoms with E-state index < -0.39 is 6.10 Å². The fourth-order valence-corrected chi connectivity index (χ4v) is 2.39. The minimum absolute atomic E-state index is 0.391. The molecule has 0 saturated heterocycles. The van der Waals surface area contributed by atoms with Gasteiger partial charge in [0.1, 0.15) is 0 Å². The van der Waals surface area contributed by atoms with Crippen LogP contribution in [0.15, 0.2) is 66.8 Å². The number of hydrogen-bond donors (Lipinski definition) is 1. The average molecular weight is 284 g/mol. The first-order chi connectivity index (χ1) is 10.0. The predicted molar refractivity (Wildman–Crippen MR) is 92.3 cm³/mol. The van der Waals surface area contributed by atoms with Crippen LogP contribution >= 0.6 is 0 Å². The van der Waals surface area contributed by atoms with Gasteiger partial charge in [0.15, 0.2) is 0 Å². The molecule has 1 aromatic rings. The molecule has 0 bridgehead atoms. The molecule has 0 aliphatic rings. The maximum Gasteiger partial charge on any atom is 0.0781 e. The van der Waals surface area contributed by atoms with Crippen LogP contribution in [-0.2, 0) is 6.42 Å². The van der Waals surface area contributed by atoms with Crippen molar-refractivity contribution in [1.29, 1.82) is 0 Å². The lowest BCUT2D eigenvalue weighted by Gasteiger charge is -2.13. The summed E-state index contributed by atoms with van der Waals surface area (Å²) < 4.78 is 0. The molecule has 1 aromatic carbocycles. The van der Waals surface area contributed by atoms with Gasteiger partial charge in [0.05, 0.1) is 6.10 Å². The van der Waals surface area contributed by atoms with Gasteiger partial charge < -0.3 is 5.11 Å². The highest BCUT2D eigenvalue weighted by Gasteiger charge is 2.07. The fraction of sp³-hybridized carbons (Fsp3) is 0.400. The molecule has 0 fully saturated rings. The van der Waals surface area contributed by atoms with Gasteiger partial charge in [-0.15, -0.1) is 6.58 Å². The topological polar surface area (TPSA) is 20.2 Å². The Morgan fingerprint density at radius 1 is 1.29 bits per heavy atom. The van der Waals surface area contributed by atoms with Crippen molar-refractivity contribution in [3.8, 4) is 0 Å². The number of aliphatic hydroxyl groups is 1. The zero-order valence-corrected chi connectivity index (χ0v) is 13.4. The molecular formula is C20H28O. The predicted octanol–water partition coefficient (Wildman–Crippen LogP) is 5.08. The normalized spacial score (nSPS) is 14.5. The van der Waals surface area contributed by atoms with Crippen molar-refractivity contribution in [3.05, 3.63) is 72.4 Å². The number of hydrogen-bond acceptors (Lipinski definition) is 1. The number of benzene rings is 1. The highest BCUT2D eigenvalue weighted by atomic mass is 16.3. The quantitative estimate of drug-likeness (QED) is 0.627. The van der Waals surface area contributed by atoms with E-state index in [4.69, 9.17) is 0 Å². The second kappa shape index (κ2) is 9.36. The van der Waals surface area contributed by atoms with Crippen molar-refractivity contribution in [2.24, 2.45) is 5.92 Å². The highest BCUT2D eigenvalue weighted by molar-refractivity contribution is 5.20. The van der Waals surface area contributed by atoms with E-state index in [-0.39, 0.29) is 0 Å². The second-order valence-electron chi connectivity index (χ2n) is 5.88. The highest BCUT2D eigenvalue weighted by Crippen LogP contribution is 2.18. The molecule has 0 amide bonds. The van der Waals surface area contributed by atoms with Crippen LogP contribution in [0.1, 0.15) is 38.7 Å². The molecule has 2 atom stereocenters. The monoisotopic (exact) mass is 284 g/mol. The van der Waals surface area contributed by atoms with E-state index in [1.54, 1.807) is 6.08 Å². The van der Waals surface area contributed by atoms with Gasteiger partial charge in [-0.25, -0.2) is 0 Å². The molecule has 21 heavy (non-hydrogen) atoms. The first kappa shape index (κ1) is 17.5. The molecule has 1 unspecified atom stereocenters. The summed E-state index contributed by atoms with van der Waals surface area (Å²) in [4.78, 5) is 0. The Hall–Kier alpha value is -1.60. The molecule has 1 nitrogen and oxygen atoms in total. The molecule has 1 heteroatoms. The van der Waals surface area contributed by atoms with Gasteiger partial charge in [-0.3, -0.25) is 0 Å². The summed E-state index contributed by atoms with van der Waals surface area (Å²) in [5.74, 6) is 0.456. The molecule has 0 aromatic heterocycles. The molecule has 0 aliphatic heterocycles. The smallest absolute Gasteiger partial charge is 0.0781 e. The molecule has 0 aliphatic carbocycles. The Labute approximate surface area is 129 Å². The third-order valence-corrected chi connectivity index (χ3v) is 3.71. The van der Waals surface area contributed by atoms with E-state index in [1.807, 2.05) is 13.0 Å². The zero-order chi connectivity index (χ0) is 15.7. The van der Waals surface area contributed by atoms with Crippen LogP contribution in [0.25, 0.3) is 0 Å². The van der Waals surface area contributed by atoms with Gasteiger partial charge in [0, 0.05) is 0 Å². The van der Waals surface area contributed by atoms with Gasteiger partial charge in [-0.1, -0.05) is 61.6 Å². The first-order valence-corrected chi connectivity index (χ1v) is 7.70. The Morgan fingerprint density at radius 3 is 2.57 bits per heavy atom. The third kappa shape index (κ3) is 7.10. The van der Waals surface area contributed by atoms with Crippen molar-refractivity contribution < 1.29 is 5.11 Å². The molecule has 1 rings (SSSR count). The summed E-state index contributed by atoms with van der Waals surface area (Å²) in [7, 11) is 0. The van der Waals surface area contributed by atoms with Gasteiger partial charge in [-0.05, 0) is 49.7 Å². The van der Waals surface area contributed by atoms with Crippen LogP contribution < -0.4 is 0 Å². The van der Waals surface area contributed by atoms with E-state index in [0.29, 0.717) is 12.3 Å². The molecule has 0 spiro atoms. The van der Waals surface area contributed by atoms with E-state index in [2.05, 4.69) is 50.4 Å². The van der Waals surface area contributed by atoms with Crippen molar-refractivity contribution in [2.45, 2.75) is 45.6 Å². The molecule has 0 heterocycles. The Bertz CT molecular complexity index is 470. The van der Waals surface area contributed by atoms with Crippen LogP contribution in [0.3, 0.4) is 0 Å². The first-order valence-electron chi connectivity index (χ1n) is 7.70. The van der Waals surface area contributed by atoms with Crippen molar-refractivity contribution in [1.82, 2.24) is 0 Å². The summed E-state index contributed by atoms with van der Waals surface area (Å²) in [5.41, 5.74) is 3.63. The third-order valence-electron chi connectivity index (χ3n) is 3.71. The van der Waals surface area contributed by atoms with Gasteiger partial charge in [0.25, 0.3) is 0 Å². The van der Waals surface area contributed by atoms with Crippen LogP contribution in [0.4, 0.5) is 0 Å². The molecule has 114 valence electrons. The van der Waals surface area contributed by atoms with Crippen LogP contribution in [-0.4, -0.2) is 11.2 Å². The standard InChI is InChI=1S/C20H28O/c1-5-9-20(21)18(4)14-16(2)12-13-17(3)15-19-10-7-6-8-11-19/h5-8,10-11,14,16,20-21H,1,3,9,12-13,15H2,2,4H3/b18-14+/t16?,20-/m1/s1. The number of allylic oxidation sites excluding steroid dienone is 2. The van der Waals surface area contributed by atoms with Gasteiger partial charge in [0.2, 0.25) is 0 Å². The largest absolute Gasteiger partial charge is 0.388 e. The van der Waals surface area contributed by atoms with Gasteiger partial charge in [-0.2, -0.15) is 0 Å². The van der Waals surface area contributed by atoms with Crippen LogP contribution in [0.2, 0.25) is 0 Å². The minimum Gasteiger partial charge on any atom is -0.388 e. The van der Waals surface area contributed by atoms with E-state index in [1.165, 1.54) is 11.1 Å².